The molecule has 0 atom stereocenters. The molecule has 3 N–H and O–H groups in total. The summed E-state index contributed by atoms with van der Waals surface area (Å²) in [6.07, 6.45) is 2.61. The van der Waals surface area contributed by atoms with Gasteiger partial charge >= 0.3 is 11.9 Å². The van der Waals surface area contributed by atoms with Crippen LogP contribution in [0.3, 0.4) is 0 Å². The zero-order valence-corrected chi connectivity index (χ0v) is 13.0. The molecule has 1 heterocycles. The van der Waals surface area contributed by atoms with Gasteiger partial charge in [0.2, 0.25) is 0 Å². The van der Waals surface area contributed by atoms with Gasteiger partial charge in [-0.2, -0.15) is 11.8 Å². The van der Waals surface area contributed by atoms with Gasteiger partial charge in [-0.3, -0.25) is 15.0 Å². The van der Waals surface area contributed by atoms with E-state index in [2.05, 4.69) is 5.43 Å². The van der Waals surface area contributed by atoms with Crippen LogP contribution < -0.4 is 11.3 Å². The average molecular weight is 312 g/mol. The molecule has 0 bridgehead atoms. The van der Waals surface area contributed by atoms with Crippen LogP contribution in [-0.2, 0) is 15.3 Å². The molecule has 1 aromatic heterocycles. The van der Waals surface area contributed by atoms with E-state index in [9.17, 15) is 9.59 Å². The van der Waals surface area contributed by atoms with Crippen molar-refractivity contribution in [1.29, 1.82) is 0 Å². The number of nitrogen functional groups attached to an aromatic ring is 1. The SMILES string of the molecule is COC(=O)CC1(CSCc2cc(C)c(C(=O)NN)o2)CC1. The molecule has 7 heteroatoms. The van der Waals surface area contributed by atoms with Gasteiger partial charge in [-0.05, 0) is 37.0 Å². The summed E-state index contributed by atoms with van der Waals surface area (Å²) in [6, 6.07) is 1.84. The number of nitrogens with one attached hydrogen (secondary N) is 1. The number of hydrogen-bond donors (Lipinski definition) is 2. The molecule has 1 amide bonds. The first-order valence-electron chi connectivity index (χ1n) is 6.74. The monoisotopic (exact) mass is 312 g/mol. The molecule has 0 spiro atoms. The molecule has 0 saturated heterocycles. The van der Waals surface area contributed by atoms with Crippen LogP contribution in [0.5, 0.6) is 0 Å². The van der Waals surface area contributed by atoms with Crippen LogP contribution in [0.4, 0.5) is 0 Å². The van der Waals surface area contributed by atoms with E-state index in [1.54, 1.807) is 11.8 Å². The van der Waals surface area contributed by atoms with Gasteiger partial charge in [0.25, 0.3) is 0 Å². The lowest BCUT2D eigenvalue weighted by molar-refractivity contribution is -0.141. The number of esters is 1. The van der Waals surface area contributed by atoms with Gasteiger partial charge in [0.05, 0.1) is 19.3 Å². The van der Waals surface area contributed by atoms with E-state index in [0.717, 1.165) is 29.9 Å². The molecule has 6 nitrogen and oxygen atoms in total. The topological polar surface area (TPSA) is 94.6 Å². The second-order valence-corrected chi connectivity index (χ2v) is 6.43. The van der Waals surface area contributed by atoms with Gasteiger partial charge in [-0.25, -0.2) is 5.84 Å². The summed E-state index contributed by atoms with van der Waals surface area (Å²) in [5.41, 5.74) is 2.92. The van der Waals surface area contributed by atoms with Gasteiger partial charge < -0.3 is 9.15 Å². The van der Waals surface area contributed by atoms with Crippen molar-refractivity contribution >= 4 is 23.6 Å². The molecule has 1 aromatic rings. The van der Waals surface area contributed by atoms with E-state index in [0.29, 0.717) is 12.2 Å². The van der Waals surface area contributed by atoms with E-state index in [4.69, 9.17) is 15.0 Å². The molecule has 1 fully saturated rings. The Bertz CT molecular complexity index is 537. The summed E-state index contributed by atoms with van der Waals surface area (Å²) in [5.74, 6) is 7.08. The maximum atomic E-state index is 11.5. The number of nitrogens with two attached hydrogens (primary N) is 1. The van der Waals surface area contributed by atoms with Crippen LogP contribution in [0.25, 0.3) is 0 Å². The van der Waals surface area contributed by atoms with Gasteiger partial charge in [0, 0.05) is 5.56 Å². The molecule has 2 rings (SSSR count). The van der Waals surface area contributed by atoms with Crippen molar-refractivity contribution in [3.63, 3.8) is 0 Å². The number of ether oxygens (including phenoxy) is 1. The zero-order valence-electron chi connectivity index (χ0n) is 12.2. The molecular formula is C14H20N2O4S. The Morgan fingerprint density at radius 3 is 2.81 bits per heavy atom. The highest BCUT2D eigenvalue weighted by Gasteiger charge is 2.44. The van der Waals surface area contributed by atoms with E-state index in [1.807, 2.05) is 13.0 Å². The number of thioether (sulfide) groups is 1. The fourth-order valence-electron chi connectivity index (χ4n) is 2.21. The number of carbonyl (C=O) groups is 2. The van der Waals surface area contributed by atoms with Crippen molar-refractivity contribution in [3.8, 4) is 0 Å². The fourth-order valence-corrected chi connectivity index (χ4v) is 3.47. The van der Waals surface area contributed by atoms with E-state index in [-0.39, 0.29) is 17.1 Å². The minimum absolute atomic E-state index is 0.0941. The minimum atomic E-state index is -0.423. The van der Waals surface area contributed by atoms with Crippen LogP contribution in [0, 0.1) is 12.3 Å². The Kier molecular flexibility index (Phi) is 4.95. The molecule has 1 aliphatic carbocycles. The maximum absolute atomic E-state index is 11.5. The number of carbonyl (C=O) groups excluding carboxylic acids is 2. The number of amides is 1. The van der Waals surface area contributed by atoms with Crippen molar-refractivity contribution < 1.29 is 18.7 Å². The largest absolute Gasteiger partial charge is 0.469 e. The first-order chi connectivity index (χ1) is 9.99. The summed E-state index contributed by atoms with van der Waals surface area (Å²) in [6.45, 7) is 1.81. The predicted octanol–water partition coefficient (Wildman–Crippen LogP) is 1.77. The van der Waals surface area contributed by atoms with Crippen molar-refractivity contribution in [2.24, 2.45) is 11.3 Å². The summed E-state index contributed by atoms with van der Waals surface area (Å²) in [5, 5.41) is 0. The summed E-state index contributed by atoms with van der Waals surface area (Å²) < 4.78 is 10.2. The predicted molar refractivity (Wildman–Crippen MR) is 79.6 cm³/mol. The van der Waals surface area contributed by atoms with E-state index >= 15 is 0 Å². The molecule has 1 saturated carbocycles. The van der Waals surface area contributed by atoms with Gasteiger partial charge in [0.1, 0.15) is 5.76 Å². The maximum Gasteiger partial charge on any atom is 0.306 e. The number of methoxy groups -OCH3 is 1. The van der Waals surface area contributed by atoms with Crippen LogP contribution in [0.2, 0.25) is 0 Å². The second kappa shape index (κ2) is 6.53. The smallest absolute Gasteiger partial charge is 0.306 e. The van der Waals surface area contributed by atoms with Crippen LogP contribution in [0.1, 0.15) is 41.1 Å². The molecule has 0 aromatic carbocycles. The number of aryl methyl sites for hydroxylation is 1. The normalized spacial score (nSPS) is 15.6. The Morgan fingerprint density at radius 2 is 2.24 bits per heavy atom. The Hall–Kier alpha value is -1.47. The third kappa shape index (κ3) is 4.01. The molecule has 0 unspecified atom stereocenters. The molecule has 1 aliphatic rings. The van der Waals surface area contributed by atoms with Crippen molar-refractivity contribution in [3.05, 3.63) is 23.2 Å². The molecular weight excluding hydrogens is 292 g/mol. The zero-order chi connectivity index (χ0) is 15.5. The molecule has 21 heavy (non-hydrogen) atoms. The first kappa shape index (κ1) is 15.9. The Balaban J connectivity index is 1.84. The Labute approximate surface area is 127 Å². The summed E-state index contributed by atoms with van der Waals surface area (Å²) in [7, 11) is 1.42. The number of furan rings is 1. The van der Waals surface area contributed by atoms with Crippen molar-refractivity contribution in [2.75, 3.05) is 12.9 Å². The second-order valence-electron chi connectivity index (χ2n) is 5.44. The third-order valence-corrected chi connectivity index (χ3v) is 4.97. The average Bonchev–Trinajstić information content (AvgIpc) is 3.12. The summed E-state index contributed by atoms with van der Waals surface area (Å²) >= 11 is 1.71. The van der Waals surface area contributed by atoms with Gasteiger partial charge in [0.15, 0.2) is 5.76 Å². The first-order valence-corrected chi connectivity index (χ1v) is 7.90. The minimum Gasteiger partial charge on any atom is -0.469 e. The molecule has 0 radical (unpaired) electrons. The highest BCUT2D eigenvalue weighted by atomic mass is 32.2. The van der Waals surface area contributed by atoms with Crippen LogP contribution >= 0.6 is 11.8 Å². The summed E-state index contributed by atoms with van der Waals surface area (Å²) in [4.78, 5) is 22.8. The molecule has 116 valence electrons. The van der Waals surface area contributed by atoms with E-state index in [1.165, 1.54) is 7.11 Å². The van der Waals surface area contributed by atoms with Gasteiger partial charge in [-0.15, -0.1) is 0 Å². The molecule has 0 aliphatic heterocycles. The number of hydrogen-bond acceptors (Lipinski definition) is 6. The highest BCUT2D eigenvalue weighted by Crippen LogP contribution is 2.51. The standard InChI is InChI=1S/C14H20N2O4S/c1-9-5-10(20-12(9)13(18)16-15)7-21-8-14(3-4-14)6-11(17)19-2/h5H,3-4,6-8,15H2,1-2H3,(H,16,18). The lowest BCUT2D eigenvalue weighted by Gasteiger charge is -2.12. The number of hydrazine groups is 1. The van der Waals surface area contributed by atoms with Crippen molar-refractivity contribution in [2.45, 2.75) is 31.9 Å². The van der Waals surface area contributed by atoms with Crippen LogP contribution in [0.15, 0.2) is 10.5 Å². The van der Waals surface area contributed by atoms with Crippen LogP contribution in [-0.4, -0.2) is 24.7 Å². The highest BCUT2D eigenvalue weighted by molar-refractivity contribution is 7.98. The fraction of sp³-hybridized carbons (Fsp3) is 0.571. The lowest BCUT2D eigenvalue weighted by atomic mass is 10.1. The van der Waals surface area contributed by atoms with Crippen molar-refractivity contribution in [1.82, 2.24) is 5.43 Å². The van der Waals surface area contributed by atoms with E-state index < -0.39 is 5.91 Å². The lowest BCUT2D eigenvalue weighted by Crippen LogP contribution is -2.30. The van der Waals surface area contributed by atoms with Gasteiger partial charge in [-0.1, -0.05) is 0 Å². The third-order valence-electron chi connectivity index (χ3n) is 3.66. The Morgan fingerprint density at radius 1 is 1.52 bits per heavy atom. The number of rotatable bonds is 7. The quantitative estimate of drug-likeness (QED) is 0.345.